The summed E-state index contributed by atoms with van der Waals surface area (Å²) < 4.78 is 33.3. The third-order valence-electron chi connectivity index (χ3n) is 2.52. The number of carbonyl (C=O) groups is 2. The number of alkyl halides is 1. The van der Waals surface area contributed by atoms with Gasteiger partial charge in [-0.3, -0.25) is 0 Å². The van der Waals surface area contributed by atoms with E-state index in [2.05, 4.69) is 4.74 Å². The van der Waals surface area contributed by atoms with Gasteiger partial charge in [0.05, 0.1) is 20.8 Å². The fourth-order valence-electron chi connectivity index (χ4n) is 1.52. The van der Waals surface area contributed by atoms with E-state index in [4.69, 9.17) is 25.8 Å². The van der Waals surface area contributed by atoms with Crippen molar-refractivity contribution in [2.24, 2.45) is 0 Å². The lowest BCUT2D eigenvalue weighted by atomic mass is 10.2. The molecule has 0 spiro atoms. The molecule has 0 saturated heterocycles. The molecule has 126 valence electrons. The zero-order valence-electron chi connectivity index (χ0n) is 12.6. The molecule has 1 aromatic carbocycles. The molecule has 0 aromatic heterocycles. The lowest BCUT2D eigenvalue weighted by Crippen LogP contribution is -2.15. The maximum Gasteiger partial charge on any atom is 0.377 e. The van der Waals surface area contributed by atoms with Gasteiger partial charge in [-0.15, -0.1) is 11.6 Å². The van der Waals surface area contributed by atoms with Crippen LogP contribution in [-0.2, 0) is 19.0 Å². The summed E-state index contributed by atoms with van der Waals surface area (Å²) in [6, 6.07) is 3.71. The molecule has 1 rings (SSSR count). The fraction of sp³-hybridized carbons (Fsp3) is 0.333. The average Bonchev–Trinajstić information content (AvgIpc) is 2.54. The van der Waals surface area contributed by atoms with Crippen molar-refractivity contribution in [2.75, 3.05) is 26.7 Å². The van der Waals surface area contributed by atoms with Gasteiger partial charge in [-0.2, -0.15) is 0 Å². The molecule has 0 atom stereocenters. The van der Waals surface area contributed by atoms with E-state index in [0.717, 1.165) is 19.4 Å². The van der Waals surface area contributed by atoms with Gasteiger partial charge in [0.2, 0.25) is 5.76 Å². The summed E-state index contributed by atoms with van der Waals surface area (Å²) in [5, 5.41) is 0. The Kier molecular flexibility index (Phi) is 7.90. The number of hydrogen-bond donors (Lipinski definition) is 0. The maximum atomic E-state index is 14.0. The van der Waals surface area contributed by atoms with Crippen LogP contribution in [0.4, 0.5) is 4.39 Å². The van der Waals surface area contributed by atoms with Crippen molar-refractivity contribution in [3.8, 4) is 5.75 Å². The second-order valence-corrected chi connectivity index (χ2v) is 4.48. The Bertz CT molecular complexity index is 587. The lowest BCUT2D eigenvalue weighted by molar-refractivity contribution is -0.138. The molecular weight excluding hydrogens is 331 g/mol. The molecule has 0 aliphatic carbocycles. The van der Waals surface area contributed by atoms with E-state index in [1.807, 2.05) is 0 Å². The number of rotatable bonds is 8. The van der Waals surface area contributed by atoms with E-state index in [-0.39, 0.29) is 18.1 Å². The first-order chi connectivity index (χ1) is 11.0. The second kappa shape index (κ2) is 9.68. The van der Waals surface area contributed by atoms with Crippen LogP contribution in [0, 0.1) is 5.82 Å². The summed E-state index contributed by atoms with van der Waals surface area (Å²) in [5.41, 5.74) is -0.437. The van der Waals surface area contributed by atoms with Gasteiger partial charge >= 0.3 is 11.9 Å². The number of benzene rings is 1. The molecule has 0 fully saturated rings. The molecule has 0 saturated carbocycles. The number of ether oxygens (including phenoxy) is 4. The van der Waals surface area contributed by atoms with Gasteiger partial charge in [-0.05, 0) is 18.6 Å². The summed E-state index contributed by atoms with van der Waals surface area (Å²) in [6.07, 6.45) is 1.40. The summed E-state index contributed by atoms with van der Waals surface area (Å²) in [7, 11) is 2.43. The highest BCUT2D eigenvalue weighted by Crippen LogP contribution is 2.25. The molecule has 8 heteroatoms. The summed E-state index contributed by atoms with van der Waals surface area (Å²) in [5.74, 6) is -2.87. The predicted octanol–water partition coefficient (Wildman–Crippen LogP) is 2.65. The molecule has 0 aliphatic heterocycles. The van der Waals surface area contributed by atoms with Crippen molar-refractivity contribution in [3.05, 3.63) is 41.6 Å². The zero-order valence-corrected chi connectivity index (χ0v) is 13.4. The molecule has 0 bridgehead atoms. The van der Waals surface area contributed by atoms with Crippen LogP contribution in [0.1, 0.15) is 16.8 Å². The second-order valence-electron chi connectivity index (χ2n) is 4.10. The molecule has 0 radical (unpaired) electrons. The maximum absolute atomic E-state index is 14.0. The summed E-state index contributed by atoms with van der Waals surface area (Å²) in [4.78, 5) is 23.6. The predicted molar refractivity (Wildman–Crippen MR) is 79.8 cm³/mol. The Morgan fingerprint density at radius 1 is 1.30 bits per heavy atom. The van der Waals surface area contributed by atoms with Crippen LogP contribution in [-0.4, -0.2) is 38.6 Å². The van der Waals surface area contributed by atoms with Crippen LogP contribution in [0.25, 0.3) is 0 Å². The van der Waals surface area contributed by atoms with E-state index < -0.39 is 23.3 Å². The molecule has 0 amide bonds. The largest absolute Gasteiger partial charge is 0.500 e. The molecule has 1 aromatic rings. The zero-order chi connectivity index (χ0) is 17.2. The monoisotopic (exact) mass is 346 g/mol. The first-order valence-corrected chi connectivity index (χ1v) is 7.09. The van der Waals surface area contributed by atoms with E-state index in [1.165, 1.54) is 19.2 Å². The van der Waals surface area contributed by atoms with Crippen molar-refractivity contribution in [3.63, 3.8) is 0 Å². The van der Waals surface area contributed by atoms with Gasteiger partial charge in [0.25, 0.3) is 0 Å². The highest BCUT2D eigenvalue weighted by Gasteiger charge is 2.23. The smallest absolute Gasteiger partial charge is 0.377 e. The molecule has 0 unspecified atom stereocenters. The van der Waals surface area contributed by atoms with Gasteiger partial charge in [0, 0.05) is 5.88 Å². The lowest BCUT2D eigenvalue weighted by Gasteiger charge is -2.12. The standard InChI is InChI=1S/C15H16ClFO6/c1-20-9-12(14(18)21-2)23-11-6-3-5-10(17)13(11)15(19)22-8-4-7-16/h3,5-6,9H,4,7-8H2,1-2H3/b12-9+. The van der Waals surface area contributed by atoms with Crippen molar-refractivity contribution in [2.45, 2.75) is 6.42 Å². The quantitative estimate of drug-likeness (QED) is 0.237. The van der Waals surface area contributed by atoms with Crippen LogP contribution in [0.2, 0.25) is 0 Å². The minimum atomic E-state index is -0.926. The van der Waals surface area contributed by atoms with Crippen molar-refractivity contribution >= 4 is 23.5 Å². The molecule has 23 heavy (non-hydrogen) atoms. The third-order valence-corrected chi connectivity index (χ3v) is 2.79. The molecule has 6 nitrogen and oxygen atoms in total. The minimum Gasteiger partial charge on any atom is -0.500 e. The molecular formula is C15H16ClFO6. The topological polar surface area (TPSA) is 71.1 Å². The van der Waals surface area contributed by atoms with Crippen molar-refractivity contribution in [1.82, 2.24) is 0 Å². The number of carbonyl (C=O) groups excluding carboxylic acids is 2. The molecule has 0 aliphatic rings. The van der Waals surface area contributed by atoms with Crippen LogP contribution in [0.15, 0.2) is 30.2 Å². The molecule has 0 heterocycles. The Hall–Kier alpha value is -2.28. The van der Waals surface area contributed by atoms with E-state index >= 15 is 0 Å². The van der Waals surface area contributed by atoms with E-state index in [9.17, 15) is 14.0 Å². The van der Waals surface area contributed by atoms with E-state index in [1.54, 1.807) is 0 Å². The first kappa shape index (κ1) is 18.8. The minimum absolute atomic E-state index is 0.0356. The first-order valence-electron chi connectivity index (χ1n) is 6.55. The highest BCUT2D eigenvalue weighted by molar-refractivity contribution is 6.17. The van der Waals surface area contributed by atoms with Gasteiger partial charge < -0.3 is 18.9 Å². The Morgan fingerprint density at radius 2 is 2.04 bits per heavy atom. The average molecular weight is 347 g/mol. The fourth-order valence-corrected chi connectivity index (χ4v) is 1.63. The Balaban J connectivity index is 3.07. The van der Waals surface area contributed by atoms with Gasteiger partial charge in [-0.25, -0.2) is 14.0 Å². The molecule has 0 N–H and O–H groups in total. The van der Waals surface area contributed by atoms with Crippen LogP contribution < -0.4 is 4.74 Å². The van der Waals surface area contributed by atoms with Crippen molar-refractivity contribution in [1.29, 1.82) is 0 Å². The van der Waals surface area contributed by atoms with E-state index in [0.29, 0.717) is 12.3 Å². The highest BCUT2D eigenvalue weighted by atomic mass is 35.5. The summed E-state index contributed by atoms with van der Waals surface area (Å²) >= 11 is 5.49. The third kappa shape index (κ3) is 5.45. The van der Waals surface area contributed by atoms with Gasteiger partial charge in [-0.1, -0.05) is 6.07 Å². The SMILES string of the molecule is CO/C=C(/Oc1cccc(F)c1C(=O)OCCCCl)C(=O)OC. The number of halogens is 2. The number of hydrogen-bond acceptors (Lipinski definition) is 6. The van der Waals surface area contributed by atoms with Crippen LogP contribution >= 0.6 is 11.6 Å². The Morgan fingerprint density at radius 3 is 2.65 bits per heavy atom. The Labute approximate surface area is 137 Å². The van der Waals surface area contributed by atoms with Gasteiger partial charge in [0.15, 0.2) is 0 Å². The normalized spacial score (nSPS) is 10.9. The van der Waals surface area contributed by atoms with Crippen LogP contribution in [0.3, 0.4) is 0 Å². The van der Waals surface area contributed by atoms with Gasteiger partial charge in [0.1, 0.15) is 23.4 Å². The summed E-state index contributed by atoms with van der Waals surface area (Å²) in [6.45, 7) is 0.0356. The van der Waals surface area contributed by atoms with Crippen molar-refractivity contribution < 1.29 is 32.9 Å². The van der Waals surface area contributed by atoms with Crippen LogP contribution in [0.5, 0.6) is 5.75 Å². The number of methoxy groups -OCH3 is 2. The number of esters is 2.